The van der Waals surface area contributed by atoms with Gasteiger partial charge in [0.2, 0.25) is 0 Å². The second kappa shape index (κ2) is 6.19. The fourth-order valence-electron chi connectivity index (χ4n) is 1.96. The summed E-state index contributed by atoms with van der Waals surface area (Å²) in [7, 11) is 0. The number of pyridine rings is 1. The number of anilines is 2. The first-order valence-electron chi connectivity index (χ1n) is 6.68. The van der Waals surface area contributed by atoms with E-state index in [-0.39, 0.29) is 5.91 Å². The van der Waals surface area contributed by atoms with Crippen molar-refractivity contribution in [2.24, 2.45) is 0 Å². The van der Waals surface area contributed by atoms with Crippen LogP contribution in [0.2, 0.25) is 0 Å². The molecule has 0 fully saturated rings. The standard InChI is InChI=1S/C16H19N3O/c1-4-17-15-8-6-13(10-18-15)16(20)19-14-7-5-11(2)9-12(14)3/h5-10H,4H2,1-3H3,(H,17,18)(H,19,20). The van der Waals surface area contributed by atoms with Crippen molar-refractivity contribution in [3.63, 3.8) is 0 Å². The lowest BCUT2D eigenvalue weighted by atomic mass is 10.1. The largest absolute Gasteiger partial charge is 0.370 e. The van der Waals surface area contributed by atoms with Gasteiger partial charge in [0, 0.05) is 18.4 Å². The molecule has 1 heterocycles. The molecule has 2 aromatic rings. The second-order valence-corrected chi connectivity index (χ2v) is 4.73. The molecule has 1 aromatic carbocycles. The number of rotatable bonds is 4. The van der Waals surface area contributed by atoms with Gasteiger partial charge in [0.25, 0.3) is 5.91 Å². The van der Waals surface area contributed by atoms with Gasteiger partial charge in [0.15, 0.2) is 0 Å². The fourth-order valence-corrected chi connectivity index (χ4v) is 1.96. The lowest BCUT2D eigenvalue weighted by Gasteiger charge is -2.09. The van der Waals surface area contributed by atoms with E-state index >= 15 is 0 Å². The van der Waals surface area contributed by atoms with E-state index < -0.39 is 0 Å². The van der Waals surface area contributed by atoms with Crippen LogP contribution in [0.25, 0.3) is 0 Å². The summed E-state index contributed by atoms with van der Waals surface area (Å²) in [6, 6.07) is 9.52. The van der Waals surface area contributed by atoms with Gasteiger partial charge in [-0.2, -0.15) is 0 Å². The first-order chi connectivity index (χ1) is 9.60. The number of amides is 1. The number of carbonyl (C=O) groups excluding carboxylic acids is 1. The van der Waals surface area contributed by atoms with Crippen LogP contribution < -0.4 is 10.6 Å². The molecule has 0 atom stereocenters. The molecule has 1 amide bonds. The molecule has 1 aromatic heterocycles. The van der Waals surface area contributed by atoms with Gasteiger partial charge in [-0.3, -0.25) is 4.79 Å². The molecule has 0 unspecified atom stereocenters. The van der Waals surface area contributed by atoms with Crippen LogP contribution in [0.5, 0.6) is 0 Å². The van der Waals surface area contributed by atoms with Gasteiger partial charge < -0.3 is 10.6 Å². The summed E-state index contributed by atoms with van der Waals surface area (Å²) in [6.45, 7) is 6.82. The third kappa shape index (κ3) is 3.35. The molecule has 20 heavy (non-hydrogen) atoms. The third-order valence-corrected chi connectivity index (χ3v) is 3.01. The van der Waals surface area contributed by atoms with E-state index in [9.17, 15) is 4.79 Å². The Morgan fingerprint density at radius 2 is 2.00 bits per heavy atom. The Bertz CT molecular complexity index is 606. The zero-order valence-electron chi connectivity index (χ0n) is 12.0. The van der Waals surface area contributed by atoms with Gasteiger partial charge in [-0.05, 0) is 44.5 Å². The number of carbonyl (C=O) groups is 1. The molecule has 0 bridgehead atoms. The lowest BCUT2D eigenvalue weighted by molar-refractivity contribution is 0.102. The molecule has 2 rings (SSSR count). The van der Waals surface area contributed by atoms with Crippen molar-refractivity contribution in [2.45, 2.75) is 20.8 Å². The number of aryl methyl sites for hydroxylation is 2. The van der Waals surface area contributed by atoms with Crippen LogP contribution in [0.3, 0.4) is 0 Å². The van der Waals surface area contributed by atoms with Crippen LogP contribution in [0, 0.1) is 13.8 Å². The Labute approximate surface area is 119 Å². The number of hydrogen-bond acceptors (Lipinski definition) is 3. The van der Waals surface area contributed by atoms with Crippen molar-refractivity contribution in [1.82, 2.24) is 4.98 Å². The normalized spacial score (nSPS) is 10.2. The van der Waals surface area contributed by atoms with Crippen molar-refractivity contribution >= 4 is 17.4 Å². The Hall–Kier alpha value is -2.36. The van der Waals surface area contributed by atoms with E-state index in [0.29, 0.717) is 5.56 Å². The number of nitrogens with one attached hydrogen (secondary N) is 2. The van der Waals surface area contributed by atoms with Crippen molar-refractivity contribution in [1.29, 1.82) is 0 Å². The molecule has 0 radical (unpaired) electrons. The second-order valence-electron chi connectivity index (χ2n) is 4.73. The van der Waals surface area contributed by atoms with Gasteiger partial charge >= 0.3 is 0 Å². The number of benzene rings is 1. The van der Waals surface area contributed by atoms with Crippen molar-refractivity contribution < 1.29 is 4.79 Å². The Morgan fingerprint density at radius 3 is 2.60 bits per heavy atom. The maximum atomic E-state index is 12.1. The summed E-state index contributed by atoms with van der Waals surface area (Å²) < 4.78 is 0. The topological polar surface area (TPSA) is 54.0 Å². The minimum Gasteiger partial charge on any atom is -0.370 e. The molecule has 4 heteroatoms. The summed E-state index contributed by atoms with van der Waals surface area (Å²) in [6.07, 6.45) is 1.58. The van der Waals surface area contributed by atoms with Gasteiger partial charge in [-0.15, -0.1) is 0 Å². The minimum absolute atomic E-state index is 0.146. The Kier molecular flexibility index (Phi) is 4.35. The number of hydrogen-bond donors (Lipinski definition) is 2. The first kappa shape index (κ1) is 14.1. The molecule has 4 nitrogen and oxygen atoms in total. The Balaban J connectivity index is 2.11. The molecule has 0 saturated carbocycles. The molecule has 104 valence electrons. The molecule has 0 aliphatic rings. The third-order valence-electron chi connectivity index (χ3n) is 3.01. The van der Waals surface area contributed by atoms with Crippen LogP contribution >= 0.6 is 0 Å². The molecule has 0 spiro atoms. The van der Waals surface area contributed by atoms with E-state index in [1.807, 2.05) is 39.0 Å². The van der Waals surface area contributed by atoms with Crippen LogP contribution in [0.1, 0.15) is 28.4 Å². The molecule has 0 aliphatic carbocycles. The van der Waals surface area contributed by atoms with E-state index in [4.69, 9.17) is 0 Å². The fraction of sp³-hybridized carbons (Fsp3) is 0.250. The smallest absolute Gasteiger partial charge is 0.257 e. The molecule has 0 saturated heterocycles. The maximum absolute atomic E-state index is 12.1. The number of aromatic nitrogens is 1. The number of nitrogens with zero attached hydrogens (tertiary/aromatic N) is 1. The Morgan fingerprint density at radius 1 is 1.20 bits per heavy atom. The molecule has 2 N–H and O–H groups in total. The summed E-state index contributed by atoms with van der Waals surface area (Å²) in [4.78, 5) is 16.3. The van der Waals surface area contributed by atoms with E-state index in [2.05, 4.69) is 15.6 Å². The molecule has 0 aliphatic heterocycles. The maximum Gasteiger partial charge on any atom is 0.257 e. The average Bonchev–Trinajstić information content (AvgIpc) is 2.43. The van der Waals surface area contributed by atoms with Gasteiger partial charge in [0.1, 0.15) is 5.82 Å². The lowest BCUT2D eigenvalue weighted by Crippen LogP contribution is -2.13. The van der Waals surface area contributed by atoms with Crippen LogP contribution in [-0.2, 0) is 0 Å². The first-order valence-corrected chi connectivity index (χ1v) is 6.68. The van der Waals surface area contributed by atoms with Gasteiger partial charge in [-0.1, -0.05) is 17.7 Å². The highest BCUT2D eigenvalue weighted by atomic mass is 16.1. The van der Waals surface area contributed by atoms with E-state index in [0.717, 1.165) is 23.6 Å². The minimum atomic E-state index is -0.146. The molecular formula is C16H19N3O. The highest BCUT2D eigenvalue weighted by molar-refractivity contribution is 6.04. The summed E-state index contributed by atoms with van der Waals surface area (Å²) >= 11 is 0. The van der Waals surface area contributed by atoms with Crippen molar-refractivity contribution in [2.75, 3.05) is 17.2 Å². The molecular weight excluding hydrogens is 250 g/mol. The van der Waals surface area contributed by atoms with Crippen molar-refractivity contribution in [3.8, 4) is 0 Å². The highest BCUT2D eigenvalue weighted by Crippen LogP contribution is 2.17. The monoisotopic (exact) mass is 269 g/mol. The summed E-state index contributed by atoms with van der Waals surface area (Å²) in [5.41, 5.74) is 3.61. The predicted octanol–water partition coefficient (Wildman–Crippen LogP) is 3.38. The SMILES string of the molecule is CCNc1ccc(C(=O)Nc2ccc(C)cc2C)cn1. The van der Waals surface area contributed by atoms with Crippen LogP contribution in [0.4, 0.5) is 11.5 Å². The quantitative estimate of drug-likeness (QED) is 0.894. The zero-order chi connectivity index (χ0) is 14.5. The van der Waals surface area contributed by atoms with Crippen LogP contribution in [-0.4, -0.2) is 17.4 Å². The van der Waals surface area contributed by atoms with Gasteiger partial charge in [-0.25, -0.2) is 4.98 Å². The highest BCUT2D eigenvalue weighted by Gasteiger charge is 2.08. The zero-order valence-corrected chi connectivity index (χ0v) is 12.0. The average molecular weight is 269 g/mol. The summed E-state index contributed by atoms with van der Waals surface area (Å²) in [5, 5.41) is 6.00. The van der Waals surface area contributed by atoms with Crippen LogP contribution in [0.15, 0.2) is 36.5 Å². The van der Waals surface area contributed by atoms with E-state index in [1.54, 1.807) is 18.3 Å². The summed E-state index contributed by atoms with van der Waals surface area (Å²) in [5.74, 6) is 0.628. The van der Waals surface area contributed by atoms with Gasteiger partial charge in [0.05, 0.1) is 5.56 Å². The van der Waals surface area contributed by atoms with E-state index in [1.165, 1.54) is 5.56 Å². The van der Waals surface area contributed by atoms with Crippen molar-refractivity contribution in [3.05, 3.63) is 53.2 Å². The predicted molar refractivity (Wildman–Crippen MR) is 82.3 cm³/mol.